The van der Waals surface area contributed by atoms with E-state index in [4.69, 9.17) is 18.9 Å². The molecule has 0 aliphatic heterocycles. The fourth-order valence-corrected chi connectivity index (χ4v) is 6.63. The predicted molar refractivity (Wildman–Crippen MR) is 130 cm³/mol. The maximum atomic E-state index is 10.6. The highest BCUT2D eigenvalue weighted by atomic mass is 16.6. The van der Waals surface area contributed by atoms with Crippen molar-refractivity contribution in [3.05, 3.63) is 29.3 Å². The molecule has 0 saturated heterocycles. The molecule has 0 heterocycles. The zero-order valence-corrected chi connectivity index (χ0v) is 20.7. The first-order valence-corrected chi connectivity index (χ1v) is 13.3. The third-order valence-corrected chi connectivity index (χ3v) is 8.53. The molecule has 5 atom stereocenters. The largest absolute Gasteiger partial charge is 0.491 e. The number of rotatable bonds is 13. The lowest BCUT2D eigenvalue weighted by molar-refractivity contribution is -0.0226. The van der Waals surface area contributed by atoms with Crippen molar-refractivity contribution in [1.29, 1.82) is 0 Å². The molecule has 1 N–H and O–H groups in total. The van der Waals surface area contributed by atoms with Gasteiger partial charge >= 0.3 is 0 Å². The van der Waals surface area contributed by atoms with Gasteiger partial charge in [-0.2, -0.15) is 0 Å². The number of hydrogen-bond donors (Lipinski definition) is 1. The molecule has 1 aromatic carbocycles. The summed E-state index contributed by atoms with van der Waals surface area (Å²) in [4.78, 5) is 0. The van der Waals surface area contributed by atoms with E-state index in [2.05, 4.69) is 32.0 Å². The molecule has 3 aliphatic rings. The Hall–Kier alpha value is -1.14. The lowest BCUT2D eigenvalue weighted by Crippen LogP contribution is -2.43. The van der Waals surface area contributed by atoms with Gasteiger partial charge in [0.05, 0.1) is 39.1 Å². The molecule has 5 nitrogen and oxygen atoms in total. The quantitative estimate of drug-likeness (QED) is 0.414. The molecule has 0 bridgehead atoms. The van der Waals surface area contributed by atoms with Crippen LogP contribution in [0.5, 0.6) is 5.75 Å². The Bertz CT molecular complexity index is 737. The Morgan fingerprint density at radius 1 is 0.909 bits per heavy atom. The first-order valence-electron chi connectivity index (χ1n) is 13.3. The number of ether oxygens (including phenoxy) is 4. The van der Waals surface area contributed by atoms with Crippen LogP contribution in [-0.2, 0) is 20.6 Å². The third kappa shape index (κ3) is 5.93. The van der Waals surface area contributed by atoms with E-state index in [1.54, 1.807) is 0 Å². The normalized spacial score (nSPS) is 30.5. The van der Waals surface area contributed by atoms with E-state index in [1.807, 2.05) is 0 Å². The number of aliphatic hydroxyl groups is 1. The van der Waals surface area contributed by atoms with Crippen molar-refractivity contribution >= 4 is 0 Å². The fraction of sp³-hybridized carbons (Fsp3) is 0.786. The summed E-state index contributed by atoms with van der Waals surface area (Å²) >= 11 is 0. The van der Waals surface area contributed by atoms with E-state index in [0.717, 1.165) is 50.4 Å². The minimum atomic E-state index is -0.0982. The van der Waals surface area contributed by atoms with Crippen LogP contribution in [0.1, 0.15) is 75.8 Å². The number of aryl methyl sites for hydroxylation is 1. The van der Waals surface area contributed by atoms with Crippen LogP contribution in [0.25, 0.3) is 0 Å². The van der Waals surface area contributed by atoms with Crippen LogP contribution < -0.4 is 4.74 Å². The van der Waals surface area contributed by atoms with Crippen molar-refractivity contribution in [3.63, 3.8) is 0 Å². The van der Waals surface area contributed by atoms with Gasteiger partial charge in [0.15, 0.2) is 0 Å². The molecule has 0 spiro atoms. The van der Waals surface area contributed by atoms with Crippen LogP contribution in [0.4, 0.5) is 0 Å². The zero-order chi connectivity index (χ0) is 23.1. The van der Waals surface area contributed by atoms with Crippen LogP contribution in [0.3, 0.4) is 0 Å². The number of unbranched alkanes of at least 4 members (excludes halogenated alkanes) is 1. The summed E-state index contributed by atoms with van der Waals surface area (Å²) in [7, 11) is 0. The third-order valence-electron chi connectivity index (χ3n) is 8.53. The van der Waals surface area contributed by atoms with Gasteiger partial charge < -0.3 is 24.1 Å². The predicted octanol–water partition coefficient (Wildman–Crippen LogP) is 5.13. The van der Waals surface area contributed by atoms with Gasteiger partial charge in [-0.05, 0) is 91.4 Å². The average molecular weight is 461 g/mol. The van der Waals surface area contributed by atoms with Gasteiger partial charge in [0, 0.05) is 6.61 Å². The van der Waals surface area contributed by atoms with Crippen molar-refractivity contribution < 1.29 is 24.1 Å². The topological polar surface area (TPSA) is 57.2 Å². The SMILES string of the molecule is CCCCOCCOCCOCCOc1ccc2c(c1)CCC1[C@@H]2CCC2(C)C(O)CC[C@@H]12. The molecule has 2 fully saturated rings. The molecule has 33 heavy (non-hydrogen) atoms. The number of benzene rings is 1. The summed E-state index contributed by atoms with van der Waals surface area (Å²) in [6, 6.07) is 6.71. The van der Waals surface area contributed by atoms with Crippen molar-refractivity contribution in [2.24, 2.45) is 17.3 Å². The van der Waals surface area contributed by atoms with E-state index in [0.29, 0.717) is 51.5 Å². The van der Waals surface area contributed by atoms with Gasteiger partial charge in [0.2, 0.25) is 0 Å². The Morgan fingerprint density at radius 2 is 1.64 bits per heavy atom. The molecule has 0 radical (unpaired) electrons. The van der Waals surface area contributed by atoms with Gasteiger partial charge in [-0.3, -0.25) is 0 Å². The first kappa shape index (κ1) is 25.0. The summed E-state index contributed by atoms with van der Waals surface area (Å²) in [5.41, 5.74) is 3.15. The first-order chi connectivity index (χ1) is 16.1. The minimum absolute atomic E-state index is 0.0982. The van der Waals surface area contributed by atoms with E-state index >= 15 is 0 Å². The second-order valence-corrected chi connectivity index (χ2v) is 10.5. The molecule has 186 valence electrons. The number of hydrogen-bond acceptors (Lipinski definition) is 5. The standard InChI is InChI=1S/C28H44O5/c1-3-4-13-30-14-15-31-16-17-32-18-19-33-22-6-8-23-21(20-22)5-7-25-24(23)11-12-28(2)26(25)9-10-27(28)29/h6,8,20,24-27,29H,3-5,7,9-19H2,1-2H3/t24-,25?,26+,27?,28?/m1/s1. The van der Waals surface area contributed by atoms with Crippen LogP contribution in [0, 0.1) is 17.3 Å². The molecular formula is C28H44O5. The van der Waals surface area contributed by atoms with Crippen molar-refractivity contribution in [2.45, 2.75) is 77.2 Å². The Balaban J connectivity index is 1.15. The van der Waals surface area contributed by atoms with Crippen LogP contribution in [-0.4, -0.2) is 57.5 Å². The average Bonchev–Trinajstić information content (AvgIpc) is 3.14. The van der Waals surface area contributed by atoms with Gasteiger partial charge in [0.25, 0.3) is 0 Å². The van der Waals surface area contributed by atoms with Crippen LogP contribution in [0.2, 0.25) is 0 Å². The van der Waals surface area contributed by atoms with E-state index in [-0.39, 0.29) is 11.5 Å². The molecule has 5 heteroatoms. The summed E-state index contributed by atoms with van der Waals surface area (Å²) < 4.78 is 22.6. The second kappa shape index (κ2) is 12.0. The van der Waals surface area contributed by atoms with Gasteiger partial charge in [-0.1, -0.05) is 26.3 Å². The molecule has 4 rings (SSSR count). The molecular weight excluding hydrogens is 416 g/mol. The van der Waals surface area contributed by atoms with Crippen LogP contribution in [0.15, 0.2) is 18.2 Å². The zero-order valence-electron chi connectivity index (χ0n) is 20.7. The van der Waals surface area contributed by atoms with Gasteiger partial charge in [0.1, 0.15) is 12.4 Å². The van der Waals surface area contributed by atoms with Crippen LogP contribution >= 0.6 is 0 Å². The fourth-order valence-electron chi connectivity index (χ4n) is 6.63. The number of fused-ring (bicyclic) bond motifs is 5. The highest BCUT2D eigenvalue weighted by molar-refractivity contribution is 5.40. The highest BCUT2D eigenvalue weighted by Crippen LogP contribution is 2.60. The summed E-state index contributed by atoms with van der Waals surface area (Å²) in [5, 5.41) is 10.6. The van der Waals surface area contributed by atoms with Gasteiger partial charge in [-0.25, -0.2) is 0 Å². The maximum absolute atomic E-state index is 10.6. The summed E-state index contributed by atoms with van der Waals surface area (Å²) in [5.74, 6) is 3.03. The molecule has 3 unspecified atom stereocenters. The summed E-state index contributed by atoms with van der Waals surface area (Å²) in [6.45, 7) is 8.91. The second-order valence-electron chi connectivity index (χ2n) is 10.5. The molecule has 0 amide bonds. The van der Waals surface area contributed by atoms with Crippen molar-refractivity contribution in [1.82, 2.24) is 0 Å². The molecule has 1 aromatic rings. The Kier molecular flexibility index (Phi) is 9.09. The van der Waals surface area contributed by atoms with E-state index < -0.39 is 0 Å². The molecule has 2 saturated carbocycles. The summed E-state index contributed by atoms with van der Waals surface area (Å²) in [6.07, 6.45) is 9.12. The monoisotopic (exact) mass is 460 g/mol. The van der Waals surface area contributed by atoms with Crippen molar-refractivity contribution in [3.8, 4) is 5.75 Å². The Labute approximate surface area is 200 Å². The smallest absolute Gasteiger partial charge is 0.119 e. The van der Waals surface area contributed by atoms with E-state index in [9.17, 15) is 5.11 Å². The molecule has 0 aromatic heterocycles. The lowest BCUT2D eigenvalue weighted by atomic mass is 9.55. The van der Waals surface area contributed by atoms with Gasteiger partial charge in [-0.15, -0.1) is 0 Å². The lowest BCUT2D eigenvalue weighted by Gasteiger charge is -2.50. The number of aliphatic hydroxyl groups excluding tert-OH is 1. The minimum Gasteiger partial charge on any atom is -0.491 e. The van der Waals surface area contributed by atoms with E-state index in [1.165, 1.54) is 30.4 Å². The highest BCUT2D eigenvalue weighted by Gasteiger charge is 2.54. The molecule has 3 aliphatic carbocycles. The van der Waals surface area contributed by atoms with Crippen molar-refractivity contribution in [2.75, 3.05) is 46.2 Å². The Morgan fingerprint density at radius 3 is 2.39 bits per heavy atom. The maximum Gasteiger partial charge on any atom is 0.119 e.